The third-order valence-electron chi connectivity index (χ3n) is 0.866. The molecular formula is C4H5N5O2. The van der Waals surface area contributed by atoms with E-state index in [4.69, 9.17) is 11.5 Å². The standard InChI is InChI=1S/C4H5N5O2/c5-3(6)7-1-2(10)9-4(11)8-1/h(H5,5,6,7,8,9,10,11). The fourth-order valence-electron chi connectivity index (χ4n) is 0.526. The van der Waals surface area contributed by atoms with Gasteiger partial charge < -0.3 is 11.5 Å². The molecule has 58 valence electrons. The maximum Gasteiger partial charge on any atom is 0.350 e. The molecule has 1 heterocycles. The van der Waals surface area contributed by atoms with Crippen LogP contribution in [0.15, 0.2) is 9.98 Å². The molecule has 0 aromatic heterocycles. The first-order valence-electron chi connectivity index (χ1n) is 2.63. The van der Waals surface area contributed by atoms with Gasteiger partial charge in [0.25, 0.3) is 5.91 Å². The highest BCUT2D eigenvalue weighted by Gasteiger charge is 2.22. The minimum absolute atomic E-state index is 0.310. The topological polar surface area (TPSA) is 123 Å². The largest absolute Gasteiger partial charge is 0.370 e. The van der Waals surface area contributed by atoms with Crippen LogP contribution in [0, 0.1) is 0 Å². The summed E-state index contributed by atoms with van der Waals surface area (Å²) in [5, 5.41) is 1.87. The lowest BCUT2D eigenvalue weighted by molar-refractivity contribution is -0.113. The van der Waals surface area contributed by atoms with Crippen molar-refractivity contribution in [3.05, 3.63) is 0 Å². The monoisotopic (exact) mass is 155 g/mol. The number of nitrogens with two attached hydrogens (primary N) is 2. The normalized spacial score (nSPS) is 15.8. The van der Waals surface area contributed by atoms with Crippen molar-refractivity contribution >= 4 is 23.7 Å². The second-order valence-electron chi connectivity index (χ2n) is 1.73. The highest BCUT2D eigenvalue weighted by Crippen LogP contribution is 1.92. The number of amidine groups is 1. The van der Waals surface area contributed by atoms with Gasteiger partial charge in [0.1, 0.15) is 0 Å². The number of amides is 3. The molecule has 7 nitrogen and oxygen atoms in total. The first kappa shape index (κ1) is 7.19. The van der Waals surface area contributed by atoms with Crippen molar-refractivity contribution < 1.29 is 9.59 Å². The lowest BCUT2D eigenvalue weighted by atomic mass is 10.6. The average molecular weight is 155 g/mol. The average Bonchev–Trinajstić information content (AvgIpc) is 2.09. The molecule has 3 amide bonds. The van der Waals surface area contributed by atoms with Crippen LogP contribution in [-0.2, 0) is 4.79 Å². The van der Waals surface area contributed by atoms with Gasteiger partial charge in [-0.25, -0.2) is 4.79 Å². The molecule has 5 N–H and O–H groups in total. The van der Waals surface area contributed by atoms with E-state index in [1.165, 1.54) is 0 Å². The number of nitrogens with one attached hydrogen (secondary N) is 1. The second kappa shape index (κ2) is 2.37. The van der Waals surface area contributed by atoms with Gasteiger partial charge in [0, 0.05) is 0 Å². The second-order valence-corrected chi connectivity index (χ2v) is 1.73. The minimum Gasteiger partial charge on any atom is -0.370 e. The van der Waals surface area contributed by atoms with Crippen molar-refractivity contribution in [2.75, 3.05) is 0 Å². The molecule has 0 aliphatic carbocycles. The van der Waals surface area contributed by atoms with E-state index < -0.39 is 11.9 Å². The van der Waals surface area contributed by atoms with E-state index in [2.05, 4.69) is 9.98 Å². The van der Waals surface area contributed by atoms with Gasteiger partial charge in [0.05, 0.1) is 0 Å². The zero-order valence-corrected chi connectivity index (χ0v) is 5.37. The van der Waals surface area contributed by atoms with Crippen LogP contribution >= 0.6 is 0 Å². The van der Waals surface area contributed by atoms with Gasteiger partial charge in [-0.3, -0.25) is 10.1 Å². The summed E-state index contributed by atoms with van der Waals surface area (Å²) < 4.78 is 0. The summed E-state index contributed by atoms with van der Waals surface area (Å²) in [5.74, 6) is -1.31. The Morgan fingerprint density at radius 3 is 2.45 bits per heavy atom. The van der Waals surface area contributed by atoms with E-state index in [0.29, 0.717) is 0 Å². The zero-order chi connectivity index (χ0) is 8.43. The minimum atomic E-state index is -0.755. The Kier molecular flexibility index (Phi) is 1.55. The van der Waals surface area contributed by atoms with Crippen molar-refractivity contribution in [1.29, 1.82) is 0 Å². The lowest BCUT2D eigenvalue weighted by Crippen LogP contribution is -2.29. The number of carbonyl (C=O) groups is 2. The molecule has 0 radical (unpaired) electrons. The molecule has 1 aliphatic heterocycles. The SMILES string of the molecule is NC(N)=NC1=NC(=O)NC1=O. The number of urea groups is 1. The molecule has 0 unspecified atom stereocenters. The van der Waals surface area contributed by atoms with E-state index in [0.717, 1.165) is 0 Å². The highest BCUT2D eigenvalue weighted by atomic mass is 16.2. The Hall–Kier alpha value is -1.92. The van der Waals surface area contributed by atoms with Gasteiger partial charge >= 0.3 is 6.03 Å². The highest BCUT2D eigenvalue weighted by molar-refractivity contribution is 6.46. The van der Waals surface area contributed by atoms with Crippen LogP contribution in [0.25, 0.3) is 0 Å². The van der Waals surface area contributed by atoms with E-state index >= 15 is 0 Å². The molecule has 0 saturated carbocycles. The summed E-state index contributed by atoms with van der Waals surface area (Å²) in [6.07, 6.45) is 0. The van der Waals surface area contributed by atoms with Gasteiger partial charge in [-0.15, -0.1) is 0 Å². The number of imide groups is 1. The molecule has 1 aliphatic rings. The summed E-state index contributed by atoms with van der Waals surface area (Å²) >= 11 is 0. The van der Waals surface area contributed by atoms with Crippen LogP contribution in [0.1, 0.15) is 0 Å². The molecule has 1 rings (SSSR count). The molecule has 0 fully saturated rings. The van der Waals surface area contributed by atoms with E-state index in [1.807, 2.05) is 5.32 Å². The maximum atomic E-state index is 10.6. The van der Waals surface area contributed by atoms with Crippen LogP contribution < -0.4 is 16.8 Å². The predicted molar refractivity (Wildman–Crippen MR) is 36.8 cm³/mol. The third kappa shape index (κ3) is 1.51. The molecule has 0 bridgehead atoms. The number of carbonyl (C=O) groups excluding carboxylic acids is 2. The van der Waals surface area contributed by atoms with Crippen LogP contribution in [-0.4, -0.2) is 23.7 Å². The molecule has 0 aromatic carbocycles. The molecule has 11 heavy (non-hydrogen) atoms. The van der Waals surface area contributed by atoms with Crippen LogP contribution in [0.5, 0.6) is 0 Å². The summed E-state index contributed by atoms with van der Waals surface area (Å²) in [7, 11) is 0. The van der Waals surface area contributed by atoms with Crippen molar-refractivity contribution in [3.63, 3.8) is 0 Å². The van der Waals surface area contributed by atoms with Crippen LogP contribution in [0.2, 0.25) is 0 Å². The summed E-state index contributed by atoms with van der Waals surface area (Å²) in [6.45, 7) is 0. The first-order valence-corrected chi connectivity index (χ1v) is 2.63. The number of aliphatic imine (C=N–C) groups is 2. The quantitative estimate of drug-likeness (QED) is 0.274. The van der Waals surface area contributed by atoms with Crippen molar-refractivity contribution in [2.45, 2.75) is 0 Å². The summed E-state index contributed by atoms with van der Waals surface area (Å²) in [6, 6.07) is -0.755. The van der Waals surface area contributed by atoms with Crippen LogP contribution in [0.3, 0.4) is 0 Å². The van der Waals surface area contributed by atoms with Gasteiger partial charge in [-0.2, -0.15) is 9.98 Å². The maximum absolute atomic E-state index is 10.6. The van der Waals surface area contributed by atoms with E-state index in [9.17, 15) is 9.59 Å². The van der Waals surface area contributed by atoms with Gasteiger partial charge in [-0.05, 0) is 0 Å². The Balaban J connectivity index is 2.89. The van der Waals surface area contributed by atoms with Crippen LogP contribution in [0.4, 0.5) is 4.79 Å². The van der Waals surface area contributed by atoms with Crippen molar-refractivity contribution in [1.82, 2.24) is 5.32 Å². The first-order chi connectivity index (χ1) is 5.09. The number of nitrogens with zero attached hydrogens (tertiary/aromatic N) is 2. The molecule has 0 spiro atoms. The smallest absolute Gasteiger partial charge is 0.350 e. The van der Waals surface area contributed by atoms with Crippen molar-refractivity contribution in [3.8, 4) is 0 Å². The predicted octanol–water partition coefficient (Wildman–Crippen LogP) is -2.09. The van der Waals surface area contributed by atoms with Gasteiger partial charge in [-0.1, -0.05) is 0 Å². The zero-order valence-electron chi connectivity index (χ0n) is 5.37. The molecule has 0 aromatic rings. The Bertz CT molecular complexity index is 274. The van der Waals surface area contributed by atoms with Gasteiger partial charge in [0.15, 0.2) is 5.96 Å². The van der Waals surface area contributed by atoms with E-state index in [1.54, 1.807) is 0 Å². The number of guanidine groups is 1. The van der Waals surface area contributed by atoms with E-state index in [-0.39, 0.29) is 11.8 Å². The fourth-order valence-corrected chi connectivity index (χ4v) is 0.526. The number of rotatable bonds is 0. The molecule has 0 saturated heterocycles. The molecular weight excluding hydrogens is 150 g/mol. The number of hydrogen-bond donors (Lipinski definition) is 3. The third-order valence-corrected chi connectivity index (χ3v) is 0.866. The Labute approximate surface area is 61.2 Å². The Morgan fingerprint density at radius 1 is 1.45 bits per heavy atom. The fraction of sp³-hybridized carbons (Fsp3) is 0. The summed E-state index contributed by atoms with van der Waals surface area (Å²) in [4.78, 5) is 27.5. The Morgan fingerprint density at radius 2 is 2.09 bits per heavy atom. The number of hydrogen-bond acceptors (Lipinski definition) is 3. The van der Waals surface area contributed by atoms with Gasteiger partial charge in [0.2, 0.25) is 5.84 Å². The summed E-state index contributed by atoms with van der Waals surface area (Å²) in [5.41, 5.74) is 9.87. The van der Waals surface area contributed by atoms with Crippen molar-refractivity contribution in [2.24, 2.45) is 21.5 Å². The molecule has 7 heteroatoms. The molecule has 0 atom stereocenters. The lowest BCUT2D eigenvalue weighted by Gasteiger charge is -1.88.